The van der Waals surface area contributed by atoms with Crippen LogP contribution >= 0.6 is 0 Å². The molecule has 1 saturated heterocycles. The Kier molecular flexibility index (Phi) is 7.33. The van der Waals surface area contributed by atoms with E-state index in [1.54, 1.807) is 0 Å². The van der Waals surface area contributed by atoms with Crippen LogP contribution in [-0.2, 0) is 42.9 Å². The van der Waals surface area contributed by atoms with Crippen LogP contribution in [0.25, 0.3) is 0 Å². The van der Waals surface area contributed by atoms with Gasteiger partial charge >= 0.3 is 29.6 Å². The van der Waals surface area contributed by atoms with Crippen LogP contribution in [0.15, 0.2) is 21.9 Å². The van der Waals surface area contributed by atoms with E-state index in [-0.39, 0.29) is 0 Å². The summed E-state index contributed by atoms with van der Waals surface area (Å²) in [7, 11) is 0. The van der Waals surface area contributed by atoms with E-state index in [1.807, 2.05) is 4.98 Å². The number of carbonyl (C=O) groups is 4. The summed E-state index contributed by atoms with van der Waals surface area (Å²) in [4.78, 5) is 72.2. The minimum Gasteiger partial charge on any atom is -0.462 e. The van der Waals surface area contributed by atoms with Crippen LogP contribution in [0.5, 0.6) is 0 Å². The minimum atomic E-state index is -1.83. The fourth-order valence-corrected chi connectivity index (χ4v) is 3.05. The van der Waals surface area contributed by atoms with Crippen molar-refractivity contribution in [2.45, 2.75) is 51.7 Å². The van der Waals surface area contributed by atoms with E-state index in [1.165, 1.54) is 0 Å². The Morgan fingerprint density at radius 1 is 0.968 bits per heavy atom. The van der Waals surface area contributed by atoms with Crippen molar-refractivity contribution in [1.82, 2.24) is 9.55 Å². The van der Waals surface area contributed by atoms with Gasteiger partial charge in [0.1, 0.15) is 13.2 Å². The molecule has 13 nitrogen and oxygen atoms in total. The number of nitrogens with one attached hydrogen (secondary N) is 1. The summed E-state index contributed by atoms with van der Waals surface area (Å²) < 4.78 is 27.5. The third-order valence-corrected chi connectivity index (χ3v) is 4.21. The quantitative estimate of drug-likeness (QED) is 0.397. The van der Waals surface area contributed by atoms with E-state index >= 15 is 0 Å². The zero-order valence-corrected chi connectivity index (χ0v) is 17.2. The van der Waals surface area contributed by atoms with Gasteiger partial charge in [0.2, 0.25) is 0 Å². The topological polar surface area (TPSA) is 169 Å². The van der Waals surface area contributed by atoms with Gasteiger partial charge in [-0.2, -0.15) is 0 Å². The van der Waals surface area contributed by atoms with E-state index < -0.39 is 72.4 Å². The van der Waals surface area contributed by atoms with Gasteiger partial charge in [-0.1, -0.05) is 0 Å². The third kappa shape index (κ3) is 5.78. The number of esters is 4. The Hall–Kier alpha value is -3.48. The molecule has 0 bridgehead atoms. The molecule has 31 heavy (non-hydrogen) atoms. The van der Waals surface area contributed by atoms with Crippen molar-refractivity contribution >= 4 is 23.9 Å². The maximum absolute atomic E-state index is 12.3. The van der Waals surface area contributed by atoms with Gasteiger partial charge in [0.05, 0.1) is 0 Å². The van der Waals surface area contributed by atoms with Gasteiger partial charge in [-0.3, -0.25) is 33.5 Å². The first kappa shape index (κ1) is 23.8. The average Bonchev–Trinajstić information content (AvgIpc) is 2.91. The van der Waals surface area contributed by atoms with Crippen LogP contribution in [0.4, 0.5) is 0 Å². The number of rotatable bonds is 7. The monoisotopic (exact) mass is 442 g/mol. The second-order valence-electron chi connectivity index (χ2n) is 6.76. The van der Waals surface area contributed by atoms with E-state index in [9.17, 15) is 28.8 Å². The summed E-state index contributed by atoms with van der Waals surface area (Å²) in [6.07, 6.45) is -3.21. The van der Waals surface area contributed by atoms with E-state index in [2.05, 4.69) is 0 Å². The second kappa shape index (κ2) is 9.55. The first-order valence-electron chi connectivity index (χ1n) is 9.05. The number of ether oxygens (including phenoxy) is 5. The van der Waals surface area contributed by atoms with Crippen LogP contribution in [0.2, 0.25) is 0 Å². The number of nitrogens with zero attached hydrogens (tertiary/aromatic N) is 1. The first-order valence-corrected chi connectivity index (χ1v) is 9.05. The normalized spacial score (nSPS) is 21.7. The molecule has 0 aliphatic carbocycles. The molecule has 1 aromatic heterocycles. The maximum atomic E-state index is 12.3. The number of hydrogen-bond acceptors (Lipinski definition) is 11. The second-order valence-corrected chi connectivity index (χ2v) is 6.76. The molecule has 0 aromatic carbocycles. The molecule has 2 rings (SSSR count). The van der Waals surface area contributed by atoms with Crippen molar-refractivity contribution in [2.24, 2.45) is 0 Å². The number of aromatic amines is 1. The predicted molar refractivity (Wildman–Crippen MR) is 98.5 cm³/mol. The molecule has 0 amide bonds. The summed E-state index contributed by atoms with van der Waals surface area (Å²) in [6.45, 7) is 3.24. The highest BCUT2D eigenvalue weighted by molar-refractivity contribution is 5.68. The Bertz CT molecular complexity index is 961. The Morgan fingerprint density at radius 2 is 1.52 bits per heavy atom. The number of hydrogen-bond donors (Lipinski definition) is 1. The van der Waals surface area contributed by atoms with Gasteiger partial charge in [0.25, 0.3) is 5.56 Å². The van der Waals surface area contributed by atoms with Crippen molar-refractivity contribution in [3.8, 4) is 0 Å². The van der Waals surface area contributed by atoms with E-state index in [0.717, 1.165) is 44.5 Å². The van der Waals surface area contributed by atoms with Gasteiger partial charge in [0.15, 0.2) is 24.0 Å². The van der Waals surface area contributed by atoms with Crippen molar-refractivity contribution in [3.05, 3.63) is 33.1 Å². The number of aromatic nitrogens is 2. The lowest BCUT2D eigenvalue weighted by Gasteiger charge is -2.32. The molecule has 0 radical (unpaired) electrons. The standard InChI is InChI=1S/C18H22N2O11/c1-9(21)27-7-18(8-28-10(2)22)15(30-12(4)24)14(29-11(3)23)16(31-18)20-6-5-13(25)19-17(20)26/h5-6,14-16H,7-8H2,1-4H3,(H,19,25,26)/t14-,15-,16-/m1/s1. The third-order valence-electron chi connectivity index (χ3n) is 4.21. The Balaban J connectivity index is 2.63. The lowest BCUT2D eigenvalue weighted by atomic mass is 9.96. The van der Waals surface area contributed by atoms with E-state index in [0.29, 0.717) is 0 Å². The molecule has 1 fully saturated rings. The fourth-order valence-electron chi connectivity index (χ4n) is 3.05. The number of carbonyl (C=O) groups excluding carboxylic acids is 4. The summed E-state index contributed by atoms with van der Waals surface area (Å²) >= 11 is 0. The summed E-state index contributed by atoms with van der Waals surface area (Å²) in [6, 6.07) is 1.02. The molecule has 0 saturated carbocycles. The maximum Gasteiger partial charge on any atom is 0.330 e. The Labute approximate surface area is 175 Å². The molecular formula is C18H22N2O11. The van der Waals surface area contributed by atoms with Crippen LogP contribution < -0.4 is 11.2 Å². The predicted octanol–water partition coefficient (Wildman–Crippen LogP) is -1.21. The molecule has 3 atom stereocenters. The zero-order valence-electron chi connectivity index (χ0n) is 17.2. The molecule has 0 unspecified atom stereocenters. The highest BCUT2D eigenvalue weighted by Gasteiger charge is 2.61. The molecule has 1 N–H and O–H groups in total. The van der Waals surface area contributed by atoms with Gasteiger partial charge in [-0.15, -0.1) is 0 Å². The highest BCUT2D eigenvalue weighted by atomic mass is 16.7. The lowest BCUT2D eigenvalue weighted by molar-refractivity contribution is -0.192. The summed E-state index contributed by atoms with van der Waals surface area (Å²) in [5.74, 6) is -3.05. The molecule has 1 aliphatic rings. The van der Waals surface area contributed by atoms with Gasteiger partial charge in [-0.05, 0) is 0 Å². The lowest BCUT2D eigenvalue weighted by Crippen LogP contribution is -2.53. The molecule has 0 spiro atoms. The molecule has 2 heterocycles. The largest absolute Gasteiger partial charge is 0.462 e. The van der Waals surface area contributed by atoms with Crippen LogP contribution in [0, 0.1) is 0 Å². The molecule has 13 heteroatoms. The van der Waals surface area contributed by atoms with Gasteiger partial charge in [0, 0.05) is 40.0 Å². The van der Waals surface area contributed by atoms with Crippen molar-refractivity contribution in [1.29, 1.82) is 0 Å². The van der Waals surface area contributed by atoms with Crippen LogP contribution in [0.3, 0.4) is 0 Å². The zero-order chi connectivity index (χ0) is 23.3. The molecule has 1 aliphatic heterocycles. The summed E-state index contributed by atoms with van der Waals surface area (Å²) in [5, 5.41) is 0. The van der Waals surface area contributed by atoms with Crippen molar-refractivity contribution < 1.29 is 42.9 Å². The average molecular weight is 442 g/mol. The fraction of sp³-hybridized carbons (Fsp3) is 0.556. The first-order chi connectivity index (χ1) is 14.4. The molecule has 1 aromatic rings. The Morgan fingerprint density at radius 3 is 1.97 bits per heavy atom. The van der Waals surface area contributed by atoms with Gasteiger partial charge < -0.3 is 23.7 Å². The van der Waals surface area contributed by atoms with Gasteiger partial charge in [-0.25, -0.2) is 4.79 Å². The minimum absolute atomic E-state index is 0.570. The summed E-state index contributed by atoms with van der Waals surface area (Å²) in [5.41, 5.74) is -3.43. The number of H-pyrrole nitrogens is 1. The van der Waals surface area contributed by atoms with Crippen LogP contribution in [0.1, 0.15) is 33.9 Å². The molecular weight excluding hydrogens is 420 g/mol. The highest BCUT2D eigenvalue weighted by Crippen LogP contribution is 2.41. The van der Waals surface area contributed by atoms with E-state index in [4.69, 9.17) is 23.7 Å². The van der Waals surface area contributed by atoms with Crippen molar-refractivity contribution in [2.75, 3.05) is 13.2 Å². The van der Waals surface area contributed by atoms with Crippen LogP contribution in [-0.4, -0.2) is 64.5 Å². The SMILES string of the molecule is CC(=O)OCC1(COC(C)=O)O[C@@H](n2ccc(=O)[nH]c2=O)[C@H](OC(C)=O)[C@H]1OC(C)=O. The molecule has 170 valence electrons. The van der Waals surface area contributed by atoms with Crippen molar-refractivity contribution in [3.63, 3.8) is 0 Å². The smallest absolute Gasteiger partial charge is 0.330 e.